The molecule has 27 nitrogen and oxygen atoms in total. The average molecular weight is 1060 g/mol. The van der Waals surface area contributed by atoms with Gasteiger partial charge in [-0.05, 0) is 67.9 Å². The number of rotatable bonds is 8. The van der Waals surface area contributed by atoms with Gasteiger partial charge in [-0.3, -0.25) is 48.2 Å². The first kappa shape index (κ1) is 56.2. The monoisotopic (exact) mass is 1060 g/mol. The van der Waals surface area contributed by atoms with Gasteiger partial charge in [-0.2, -0.15) is 0 Å². The molecule has 12 aliphatic heterocycles. The second kappa shape index (κ2) is 25.7. The highest BCUT2D eigenvalue weighted by Crippen LogP contribution is 2.36. The van der Waals surface area contributed by atoms with Crippen LogP contribution in [0.3, 0.4) is 0 Å². The Balaban J connectivity index is 1.36. The molecule has 12 heterocycles. The van der Waals surface area contributed by atoms with Crippen molar-refractivity contribution >= 4 is 47.3 Å². The van der Waals surface area contributed by atoms with Gasteiger partial charge >= 0.3 is 0 Å². The summed E-state index contributed by atoms with van der Waals surface area (Å²) in [7, 11) is 0. The van der Waals surface area contributed by atoms with E-state index in [1.165, 1.54) is 0 Å². The topological polar surface area (TPSA) is 427 Å². The van der Waals surface area contributed by atoms with Gasteiger partial charge in [0.15, 0.2) is 46.0 Å². The Kier molecular flexibility index (Phi) is 19.0. The van der Waals surface area contributed by atoms with E-state index in [1.807, 2.05) is 0 Å². The Morgan fingerprint density at radius 1 is 0.447 bits per heavy atom. The minimum atomic E-state index is -1.05. The van der Waals surface area contributed by atoms with E-state index >= 15 is 0 Å². The molecule has 27 heteroatoms. The summed E-state index contributed by atoms with van der Waals surface area (Å²) in [6.45, 7) is -0.866. The summed E-state index contributed by atoms with van der Waals surface area (Å²) in [5.74, 6) is -14.2. The third-order valence-electron chi connectivity index (χ3n) is 12.4. The third-order valence-corrected chi connectivity index (χ3v) is 12.4. The third kappa shape index (κ3) is 13.5. The molecule has 76 heavy (non-hydrogen) atoms. The number of hydrogen-bond donors (Lipinski definition) is 17. The Labute approximate surface area is 433 Å². The van der Waals surface area contributed by atoms with Crippen molar-refractivity contribution in [3.63, 3.8) is 0 Å². The normalized spacial score (nSPS) is 18.4. The lowest BCUT2D eigenvalue weighted by atomic mass is 10.1. The highest BCUT2D eigenvalue weighted by atomic mass is 16.3. The summed E-state index contributed by atoms with van der Waals surface area (Å²) in [5.41, 5.74) is 2.24. The van der Waals surface area contributed by atoms with Gasteiger partial charge in [0, 0.05) is 91.1 Å². The van der Waals surface area contributed by atoms with Crippen molar-refractivity contribution in [3.05, 3.63) is 93.0 Å². The maximum Gasteiger partial charge on any atom is 0.255 e. The van der Waals surface area contributed by atoms with Crippen LogP contribution in [0, 0.1) is 0 Å². The van der Waals surface area contributed by atoms with Gasteiger partial charge in [-0.15, -0.1) is 0 Å². The maximum absolute atomic E-state index is 14.0. The summed E-state index contributed by atoms with van der Waals surface area (Å²) in [6, 6.07) is 7.85. The molecule has 0 unspecified atom stereocenters. The van der Waals surface area contributed by atoms with Crippen molar-refractivity contribution in [1.29, 1.82) is 0 Å². The largest absolute Gasteiger partial charge is 0.504 e. The van der Waals surface area contributed by atoms with Crippen molar-refractivity contribution < 1.29 is 79.2 Å². The zero-order chi connectivity index (χ0) is 55.2. The molecular formula is C49H59N11O16. The number of carbonyl (C=O) groups excluding carboxylic acids is 8. The number of nitrogens with one attached hydrogen (secondary N) is 8. The van der Waals surface area contributed by atoms with Crippen molar-refractivity contribution in [2.24, 2.45) is 5.73 Å². The fraction of sp³-hybridized carbons (Fsp3) is 0.347. The molecule has 8 bridgehead atoms. The molecule has 18 N–H and O–H groups in total. The van der Waals surface area contributed by atoms with Crippen LogP contribution in [0.15, 0.2) is 48.5 Å². The second-order valence-electron chi connectivity index (χ2n) is 17.5. The molecule has 0 fully saturated rings. The van der Waals surface area contributed by atoms with Crippen LogP contribution in [0.2, 0.25) is 0 Å². The lowest BCUT2D eigenvalue weighted by molar-refractivity contribution is 0.0899. The maximum atomic E-state index is 14.0. The number of phenols is 8. The van der Waals surface area contributed by atoms with Crippen LogP contribution >= 0.6 is 0 Å². The number of amides is 8. The summed E-state index contributed by atoms with van der Waals surface area (Å²) in [6.07, 6.45) is 0.288. The van der Waals surface area contributed by atoms with E-state index < -0.39 is 127 Å². The van der Waals surface area contributed by atoms with Crippen LogP contribution in [0.25, 0.3) is 0 Å². The molecule has 0 aliphatic carbocycles. The van der Waals surface area contributed by atoms with Gasteiger partial charge < -0.3 is 89.1 Å². The van der Waals surface area contributed by atoms with E-state index in [2.05, 4.69) is 42.5 Å². The van der Waals surface area contributed by atoms with Crippen molar-refractivity contribution in [3.8, 4) is 46.0 Å². The lowest BCUT2D eigenvalue weighted by Gasteiger charge is -2.29. The zero-order valence-corrected chi connectivity index (χ0v) is 40.8. The molecule has 8 amide bonds. The van der Waals surface area contributed by atoms with Gasteiger partial charge in [0.05, 0.1) is 44.5 Å². The molecule has 4 aromatic rings. The molecule has 12 aliphatic rings. The molecule has 0 aromatic heterocycles. The first-order valence-electron chi connectivity index (χ1n) is 24.0. The Bertz CT molecular complexity index is 2800. The lowest BCUT2D eigenvalue weighted by Crippen LogP contribution is -2.48. The molecule has 0 saturated carbocycles. The molecule has 16 rings (SSSR count). The van der Waals surface area contributed by atoms with Crippen LogP contribution in [-0.2, 0) is 0 Å². The highest BCUT2D eigenvalue weighted by molar-refractivity contribution is 6.06. The highest BCUT2D eigenvalue weighted by Gasteiger charge is 2.28. The molecule has 0 spiro atoms. The van der Waals surface area contributed by atoms with Gasteiger partial charge in [0.2, 0.25) is 0 Å². The van der Waals surface area contributed by atoms with E-state index in [4.69, 9.17) is 5.73 Å². The van der Waals surface area contributed by atoms with Crippen LogP contribution < -0.4 is 48.3 Å². The molecule has 1 atom stereocenters. The Morgan fingerprint density at radius 2 is 0.750 bits per heavy atom. The quantitative estimate of drug-likeness (QED) is 0.0671. The second-order valence-corrected chi connectivity index (χ2v) is 17.5. The van der Waals surface area contributed by atoms with Crippen LogP contribution in [0.4, 0.5) is 0 Å². The van der Waals surface area contributed by atoms with Gasteiger partial charge in [0.25, 0.3) is 47.3 Å². The summed E-state index contributed by atoms with van der Waals surface area (Å²) in [5, 5.41) is 108. The minimum Gasteiger partial charge on any atom is -0.504 e. The molecule has 0 radical (unpaired) electrons. The van der Waals surface area contributed by atoms with E-state index in [1.54, 1.807) is 9.80 Å². The zero-order valence-electron chi connectivity index (χ0n) is 40.8. The summed E-state index contributed by atoms with van der Waals surface area (Å²) in [4.78, 5) is 110. The van der Waals surface area contributed by atoms with Crippen LogP contribution in [0.5, 0.6) is 46.0 Å². The minimum absolute atomic E-state index is 0.0277. The van der Waals surface area contributed by atoms with E-state index in [-0.39, 0.29) is 115 Å². The average Bonchev–Trinajstić information content (AvgIpc) is 3.38. The Morgan fingerprint density at radius 3 is 1.08 bits per heavy atom. The molecular weight excluding hydrogens is 999 g/mol. The fourth-order valence-electron chi connectivity index (χ4n) is 8.17. The summed E-state index contributed by atoms with van der Waals surface area (Å²) < 4.78 is 0. The van der Waals surface area contributed by atoms with Crippen molar-refractivity contribution in [2.75, 3.05) is 91.6 Å². The van der Waals surface area contributed by atoms with Gasteiger partial charge in [-0.1, -0.05) is 0 Å². The predicted molar refractivity (Wildman–Crippen MR) is 268 cm³/mol. The van der Waals surface area contributed by atoms with Gasteiger partial charge in [-0.25, -0.2) is 0 Å². The van der Waals surface area contributed by atoms with E-state index in [0.717, 1.165) is 48.5 Å². The standard InChI is InChI=1S/C49H59N11O16/c50-11-1-12-51-42(69)26-2-3-27(35(62)34(26)61)43(70)52-13-10-25-24-60-22-17-56-47(74)30-6-4-28(36(63)38(30)65)44(71)53-14-19-59(21-16-55-46(73)32-8-9-33(49(76)58-25)41(68)40(32)67)20-15-54-45(72)29-5-7-31(39(66)37(29)64)48(75)57-18-23-60/h2-9,25,61-68H,1,10-24,50H2,(H,51,69)(H,52,70)(H,53,71)(H,54,72)(H,55,73)(H,56,74)(H,57,75)(H,58,76)/t25-/m0/s1. The first-order chi connectivity index (χ1) is 36.3. The number of hydrogen-bond acceptors (Lipinski definition) is 19. The van der Waals surface area contributed by atoms with Crippen molar-refractivity contribution in [1.82, 2.24) is 52.3 Å². The Hall–Kier alpha value is -9.08. The number of nitrogens with zero attached hydrogens (tertiary/aromatic N) is 2. The van der Waals surface area contributed by atoms with E-state index in [0.29, 0.717) is 6.42 Å². The fourth-order valence-corrected chi connectivity index (χ4v) is 8.17. The van der Waals surface area contributed by atoms with E-state index in [9.17, 15) is 79.2 Å². The number of benzene rings is 4. The van der Waals surface area contributed by atoms with Gasteiger partial charge in [0.1, 0.15) is 0 Å². The molecule has 4 aromatic carbocycles. The number of aromatic hydroxyl groups is 8. The smallest absolute Gasteiger partial charge is 0.255 e. The predicted octanol–water partition coefficient (Wildman–Crippen LogP) is -1.99. The number of carbonyl (C=O) groups is 8. The van der Waals surface area contributed by atoms with Crippen LogP contribution in [0.1, 0.15) is 95.7 Å². The first-order valence-corrected chi connectivity index (χ1v) is 24.0. The SMILES string of the molecule is NCCCNC(=O)c1ccc(C(=O)NCC[C@H]2CN3CCNC(=O)c4ccc(c(O)c4O)C(=O)NCCN(CCNC(=O)c4ccc(c(O)c4O)C(=O)NCC3)CCNC(=O)c3ccc(c(O)c3O)C(=O)N2)c(O)c1O. The molecule has 0 saturated heterocycles. The number of nitrogens with two attached hydrogens (primary N) is 1. The summed E-state index contributed by atoms with van der Waals surface area (Å²) >= 11 is 0. The van der Waals surface area contributed by atoms with Crippen LogP contribution in [-0.4, -0.2) is 196 Å². The molecule has 406 valence electrons. The van der Waals surface area contributed by atoms with Crippen molar-refractivity contribution in [2.45, 2.75) is 18.9 Å². The number of phenolic OH excluding ortho intramolecular Hbond substituents is 8.